The van der Waals surface area contributed by atoms with E-state index >= 15 is 0 Å². The van der Waals surface area contributed by atoms with Gasteiger partial charge in [-0.2, -0.15) is 0 Å². The van der Waals surface area contributed by atoms with Crippen molar-refractivity contribution in [3.05, 3.63) is 29.8 Å². The van der Waals surface area contributed by atoms with E-state index in [2.05, 4.69) is 61.9 Å². The first-order valence-electron chi connectivity index (χ1n) is 6.96. The van der Waals surface area contributed by atoms with Crippen molar-refractivity contribution in [3.8, 4) is 0 Å². The number of hydrogen-bond donors (Lipinski definition) is 0. The van der Waals surface area contributed by atoms with E-state index in [1.54, 1.807) is 0 Å². The van der Waals surface area contributed by atoms with Crippen LogP contribution in [0, 0.1) is 5.41 Å². The second-order valence-electron chi connectivity index (χ2n) is 6.70. The topological polar surface area (TPSA) is 6.48 Å². The highest BCUT2D eigenvalue weighted by Crippen LogP contribution is 2.24. The Morgan fingerprint density at radius 2 is 1.72 bits per heavy atom. The Morgan fingerprint density at radius 1 is 1.06 bits per heavy atom. The Morgan fingerprint density at radius 3 is 2.33 bits per heavy atom. The van der Waals surface area contributed by atoms with Crippen LogP contribution in [0.1, 0.15) is 26.3 Å². The maximum atomic E-state index is 2.51. The third-order valence-electron chi connectivity index (χ3n) is 3.51. The number of likely N-dealkylation sites (N-methyl/N-ethyl adjacent to an activating group) is 1. The molecule has 0 unspecified atom stereocenters. The lowest BCUT2D eigenvalue weighted by Gasteiger charge is -2.34. The molecule has 1 aromatic carbocycles. The minimum atomic E-state index is 0.362. The van der Waals surface area contributed by atoms with Gasteiger partial charge in [0.15, 0.2) is 0 Å². The van der Waals surface area contributed by atoms with E-state index in [0.29, 0.717) is 5.41 Å². The first kappa shape index (κ1) is 13.4. The lowest BCUT2D eigenvalue weighted by molar-refractivity contribution is 0.313. The van der Waals surface area contributed by atoms with Crippen LogP contribution in [0.15, 0.2) is 24.3 Å². The molecule has 100 valence electrons. The zero-order valence-corrected chi connectivity index (χ0v) is 12.2. The van der Waals surface area contributed by atoms with Crippen molar-refractivity contribution < 1.29 is 0 Å². The molecule has 2 nitrogen and oxygen atoms in total. The summed E-state index contributed by atoms with van der Waals surface area (Å²) in [6.45, 7) is 11.5. The molecule has 18 heavy (non-hydrogen) atoms. The summed E-state index contributed by atoms with van der Waals surface area (Å²) in [6, 6.07) is 9.08. The van der Waals surface area contributed by atoms with Gasteiger partial charge < -0.3 is 9.80 Å². The Kier molecular flexibility index (Phi) is 3.96. The molecule has 0 aliphatic carbocycles. The van der Waals surface area contributed by atoms with Gasteiger partial charge in [-0.05, 0) is 36.6 Å². The second-order valence-corrected chi connectivity index (χ2v) is 6.70. The molecule has 2 rings (SSSR count). The van der Waals surface area contributed by atoms with Crippen LogP contribution in [0.25, 0.3) is 0 Å². The van der Waals surface area contributed by atoms with E-state index in [9.17, 15) is 0 Å². The summed E-state index contributed by atoms with van der Waals surface area (Å²) in [4.78, 5) is 4.90. The average Bonchev–Trinajstić information content (AvgIpc) is 2.28. The molecule has 1 saturated heterocycles. The van der Waals surface area contributed by atoms with Gasteiger partial charge in [0.25, 0.3) is 0 Å². The first-order valence-corrected chi connectivity index (χ1v) is 6.96. The lowest BCUT2D eigenvalue weighted by atomic mass is 9.88. The van der Waals surface area contributed by atoms with E-state index < -0.39 is 0 Å². The molecule has 2 heteroatoms. The summed E-state index contributed by atoms with van der Waals surface area (Å²) in [6.07, 6.45) is 1.15. The average molecular weight is 246 g/mol. The largest absolute Gasteiger partial charge is 0.369 e. The fraction of sp³-hybridized carbons (Fsp3) is 0.625. The van der Waals surface area contributed by atoms with Gasteiger partial charge >= 0.3 is 0 Å². The highest BCUT2D eigenvalue weighted by Gasteiger charge is 2.16. The van der Waals surface area contributed by atoms with Crippen molar-refractivity contribution in [3.63, 3.8) is 0 Å². The summed E-state index contributed by atoms with van der Waals surface area (Å²) >= 11 is 0. The van der Waals surface area contributed by atoms with Crippen molar-refractivity contribution in [2.45, 2.75) is 27.2 Å². The third kappa shape index (κ3) is 3.74. The standard InChI is InChI=1S/C16H26N2/c1-16(2,3)13-14-6-5-7-15(12-14)18-10-8-17(4)9-11-18/h5-7,12H,8-11,13H2,1-4H3. The highest BCUT2D eigenvalue weighted by molar-refractivity contribution is 5.49. The van der Waals surface area contributed by atoms with E-state index in [-0.39, 0.29) is 0 Å². The van der Waals surface area contributed by atoms with Crippen LogP contribution in [-0.2, 0) is 6.42 Å². The molecule has 1 fully saturated rings. The Hall–Kier alpha value is -1.02. The molecular formula is C16H26N2. The SMILES string of the molecule is CN1CCN(c2cccc(CC(C)(C)C)c2)CC1. The maximum absolute atomic E-state index is 2.51. The maximum Gasteiger partial charge on any atom is 0.0369 e. The predicted octanol–water partition coefficient (Wildman–Crippen LogP) is 3.03. The quantitative estimate of drug-likeness (QED) is 0.791. The zero-order chi connectivity index (χ0) is 13.2. The molecule has 1 aliphatic heterocycles. The van der Waals surface area contributed by atoms with Crippen molar-refractivity contribution in [1.29, 1.82) is 0 Å². The zero-order valence-electron chi connectivity index (χ0n) is 12.2. The molecule has 0 amide bonds. The van der Waals surface area contributed by atoms with Gasteiger partial charge in [0.1, 0.15) is 0 Å². The van der Waals surface area contributed by atoms with Crippen molar-refractivity contribution in [1.82, 2.24) is 4.90 Å². The smallest absolute Gasteiger partial charge is 0.0369 e. The van der Waals surface area contributed by atoms with Gasteiger partial charge in [-0.15, -0.1) is 0 Å². The van der Waals surface area contributed by atoms with E-state index in [4.69, 9.17) is 0 Å². The van der Waals surface area contributed by atoms with Crippen LogP contribution < -0.4 is 4.90 Å². The van der Waals surface area contributed by atoms with Crippen molar-refractivity contribution >= 4 is 5.69 Å². The third-order valence-corrected chi connectivity index (χ3v) is 3.51. The number of anilines is 1. The number of rotatable bonds is 2. The van der Waals surface area contributed by atoms with E-state index in [1.807, 2.05) is 0 Å². The van der Waals surface area contributed by atoms with Crippen molar-refractivity contribution in [2.75, 3.05) is 38.1 Å². The van der Waals surface area contributed by atoms with Crippen LogP contribution in [0.4, 0.5) is 5.69 Å². The summed E-state index contributed by atoms with van der Waals surface area (Å²) in [7, 11) is 2.20. The predicted molar refractivity (Wildman–Crippen MR) is 79.3 cm³/mol. The van der Waals surface area contributed by atoms with E-state index in [0.717, 1.165) is 19.5 Å². The molecule has 0 aromatic heterocycles. The van der Waals surface area contributed by atoms with E-state index in [1.165, 1.54) is 24.3 Å². The van der Waals surface area contributed by atoms with Gasteiger partial charge in [0.05, 0.1) is 0 Å². The van der Waals surface area contributed by atoms with Crippen LogP contribution >= 0.6 is 0 Å². The van der Waals surface area contributed by atoms with Gasteiger partial charge in [-0.3, -0.25) is 0 Å². The molecule has 0 N–H and O–H groups in total. The lowest BCUT2D eigenvalue weighted by Crippen LogP contribution is -2.44. The van der Waals surface area contributed by atoms with Gasteiger partial charge in [0.2, 0.25) is 0 Å². The van der Waals surface area contributed by atoms with Crippen molar-refractivity contribution in [2.24, 2.45) is 5.41 Å². The van der Waals surface area contributed by atoms with Crippen LogP contribution in [0.3, 0.4) is 0 Å². The Balaban J connectivity index is 2.07. The molecular weight excluding hydrogens is 220 g/mol. The molecule has 0 radical (unpaired) electrons. The Bertz CT molecular complexity index is 384. The van der Waals surface area contributed by atoms with Gasteiger partial charge in [0, 0.05) is 31.9 Å². The van der Waals surface area contributed by atoms with Crippen LogP contribution in [0.2, 0.25) is 0 Å². The Labute approximate surface area is 112 Å². The molecule has 1 heterocycles. The second kappa shape index (κ2) is 5.31. The summed E-state index contributed by atoms with van der Waals surface area (Å²) in [5, 5.41) is 0. The summed E-state index contributed by atoms with van der Waals surface area (Å²) < 4.78 is 0. The van der Waals surface area contributed by atoms with Gasteiger partial charge in [-0.1, -0.05) is 32.9 Å². The minimum absolute atomic E-state index is 0.362. The fourth-order valence-electron chi connectivity index (χ4n) is 2.54. The highest BCUT2D eigenvalue weighted by atomic mass is 15.2. The fourth-order valence-corrected chi connectivity index (χ4v) is 2.54. The van der Waals surface area contributed by atoms with Crippen LogP contribution in [0.5, 0.6) is 0 Å². The van der Waals surface area contributed by atoms with Gasteiger partial charge in [-0.25, -0.2) is 0 Å². The number of benzene rings is 1. The summed E-state index contributed by atoms with van der Waals surface area (Å²) in [5.74, 6) is 0. The molecule has 0 spiro atoms. The first-order chi connectivity index (χ1) is 8.44. The molecule has 1 aliphatic rings. The molecule has 1 aromatic rings. The normalized spacial score (nSPS) is 18.1. The molecule has 0 bridgehead atoms. The number of nitrogens with zero attached hydrogens (tertiary/aromatic N) is 2. The number of hydrogen-bond acceptors (Lipinski definition) is 2. The van der Waals surface area contributed by atoms with Crippen LogP contribution in [-0.4, -0.2) is 38.1 Å². The monoisotopic (exact) mass is 246 g/mol. The summed E-state index contributed by atoms with van der Waals surface area (Å²) in [5.41, 5.74) is 3.21. The molecule has 0 atom stereocenters. The minimum Gasteiger partial charge on any atom is -0.369 e. The molecule has 0 saturated carbocycles. The number of piperazine rings is 1.